The fourth-order valence-electron chi connectivity index (χ4n) is 2.22. The summed E-state index contributed by atoms with van der Waals surface area (Å²) in [5, 5.41) is 0. The molecule has 0 heterocycles. The molecule has 0 N–H and O–H groups in total. The Morgan fingerprint density at radius 3 is 2.39 bits per heavy atom. The fourth-order valence-corrected chi connectivity index (χ4v) is 2.22. The predicted molar refractivity (Wildman–Crippen MR) is 73.3 cm³/mol. The summed E-state index contributed by atoms with van der Waals surface area (Å²) < 4.78 is 5.26. The SMILES string of the molecule is COc1c(C)cc(-c2ccccc2C)cc1C=O. The number of carbonyl (C=O) groups excluding carboxylic acids is 1. The Kier molecular flexibility index (Phi) is 3.47. The van der Waals surface area contributed by atoms with Gasteiger partial charge < -0.3 is 4.74 Å². The monoisotopic (exact) mass is 240 g/mol. The average molecular weight is 240 g/mol. The molecule has 0 unspecified atom stereocenters. The van der Waals surface area contributed by atoms with Crippen LogP contribution in [0.2, 0.25) is 0 Å². The van der Waals surface area contributed by atoms with Crippen LogP contribution < -0.4 is 4.74 Å². The molecule has 0 saturated heterocycles. The van der Waals surface area contributed by atoms with Crippen LogP contribution in [0.1, 0.15) is 21.5 Å². The molecule has 0 aromatic heterocycles. The lowest BCUT2D eigenvalue weighted by Gasteiger charge is -2.12. The van der Waals surface area contributed by atoms with Crippen molar-refractivity contribution in [1.29, 1.82) is 0 Å². The first-order valence-corrected chi connectivity index (χ1v) is 5.87. The minimum Gasteiger partial charge on any atom is -0.496 e. The smallest absolute Gasteiger partial charge is 0.153 e. The van der Waals surface area contributed by atoms with E-state index < -0.39 is 0 Å². The molecule has 0 aliphatic rings. The van der Waals surface area contributed by atoms with Gasteiger partial charge in [-0.2, -0.15) is 0 Å². The van der Waals surface area contributed by atoms with Gasteiger partial charge in [0.05, 0.1) is 12.7 Å². The number of ether oxygens (including phenoxy) is 1. The first-order valence-electron chi connectivity index (χ1n) is 5.87. The fraction of sp³-hybridized carbons (Fsp3) is 0.188. The Morgan fingerprint density at radius 1 is 1.06 bits per heavy atom. The van der Waals surface area contributed by atoms with E-state index in [0.29, 0.717) is 11.3 Å². The van der Waals surface area contributed by atoms with E-state index >= 15 is 0 Å². The lowest BCUT2D eigenvalue weighted by molar-refractivity contribution is 0.112. The number of methoxy groups -OCH3 is 1. The van der Waals surface area contributed by atoms with Gasteiger partial charge in [-0.3, -0.25) is 4.79 Å². The maximum Gasteiger partial charge on any atom is 0.153 e. The van der Waals surface area contributed by atoms with Crippen molar-refractivity contribution >= 4 is 6.29 Å². The van der Waals surface area contributed by atoms with E-state index in [2.05, 4.69) is 19.1 Å². The van der Waals surface area contributed by atoms with E-state index in [-0.39, 0.29) is 0 Å². The second-order valence-corrected chi connectivity index (χ2v) is 4.35. The van der Waals surface area contributed by atoms with Crippen LogP contribution in [-0.4, -0.2) is 13.4 Å². The third-order valence-electron chi connectivity index (χ3n) is 3.09. The van der Waals surface area contributed by atoms with E-state index in [1.165, 1.54) is 5.56 Å². The lowest BCUT2D eigenvalue weighted by Crippen LogP contribution is -1.95. The average Bonchev–Trinajstić information content (AvgIpc) is 2.38. The highest BCUT2D eigenvalue weighted by Gasteiger charge is 2.10. The van der Waals surface area contributed by atoms with E-state index in [9.17, 15) is 4.79 Å². The second-order valence-electron chi connectivity index (χ2n) is 4.35. The standard InChI is InChI=1S/C16H16O2/c1-11-6-4-5-7-15(11)13-8-12(2)16(18-3)14(9-13)10-17/h4-10H,1-3H3. The molecule has 2 aromatic carbocycles. The highest BCUT2D eigenvalue weighted by molar-refractivity contribution is 5.84. The van der Waals surface area contributed by atoms with Gasteiger partial charge in [-0.25, -0.2) is 0 Å². The quantitative estimate of drug-likeness (QED) is 0.763. The molecule has 0 amide bonds. The zero-order chi connectivity index (χ0) is 13.1. The van der Waals surface area contributed by atoms with Crippen LogP contribution in [0.5, 0.6) is 5.75 Å². The van der Waals surface area contributed by atoms with Crippen molar-refractivity contribution in [1.82, 2.24) is 0 Å². The van der Waals surface area contributed by atoms with Crippen LogP contribution in [0.25, 0.3) is 11.1 Å². The van der Waals surface area contributed by atoms with E-state index in [1.807, 2.05) is 31.2 Å². The number of aryl methyl sites for hydroxylation is 2. The van der Waals surface area contributed by atoms with Crippen LogP contribution >= 0.6 is 0 Å². The zero-order valence-corrected chi connectivity index (χ0v) is 10.9. The molecule has 2 aromatic rings. The van der Waals surface area contributed by atoms with Crippen LogP contribution in [0.4, 0.5) is 0 Å². The Labute approximate surface area is 107 Å². The number of benzene rings is 2. The number of carbonyl (C=O) groups is 1. The summed E-state index contributed by atoms with van der Waals surface area (Å²) in [5.74, 6) is 0.655. The van der Waals surface area contributed by atoms with E-state index in [0.717, 1.165) is 23.0 Å². The summed E-state index contributed by atoms with van der Waals surface area (Å²) in [4.78, 5) is 11.1. The van der Waals surface area contributed by atoms with Crippen LogP contribution in [0.15, 0.2) is 36.4 Å². The van der Waals surface area contributed by atoms with Crippen molar-refractivity contribution in [3.05, 3.63) is 53.1 Å². The van der Waals surface area contributed by atoms with Crippen molar-refractivity contribution in [2.24, 2.45) is 0 Å². The van der Waals surface area contributed by atoms with Crippen LogP contribution in [0, 0.1) is 13.8 Å². The highest BCUT2D eigenvalue weighted by atomic mass is 16.5. The minimum atomic E-state index is 0.593. The molecular weight excluding hydrogens is 224 g/mol. The van der Waals surface area contributed by atoms with Gasteiger partial charge in [0.2, 0.25) is 0 Å². The molecule has 18 heavy (non-hydrogen) atoms. The summed E-state index contributed by atoms with van der Waals surface area (Å²) in [7, 11) is 1.59. The van der Waals surface area contributed by atoms with E-state index in [4.69, 9.17) is 4.74 Å². The molecule has 0 spiro atoms. The molecule has 0 aliphatic heterocycles. The molecule has 2 heteroatoms. The molecule has 0 aliphatic carbocycles. The minimum absolute atomic E-state index is 0.593. The molecular formula is C16H16O2. The number of hydrogen-bond donors (Lipinski definition) is 0. The number of hydrogen-bond acceptors (Lipinski definition) is 2. The molecule has 0 saturated carbocycles. The van der Waals surface area contributed by atoms with Gasteiger partial charge in [0.25, 0.3) is 0 Å². The van der Waals surface area contributed by atoms with Crippen LogP contribution in [0.3, 0.4) is 0 Å². The van der Waals surface area contributed by atoms with Gasteiger partial charge in [-0.05, 0) is 48.2 Å². The summed E-state index contributed by atoms with van der Waals surface area (Å²) in [6.45, 7) is 4.02. The van der Waals surface area contributed by atoms with Gasteiger partial charge in [0.1, 0.15) is 5.75 Å². The normalized spacial score (nSPS) is 10.2. The third-order valence-corrected chi connectivity index (χ3v) is 3.09. The van der Waals surface area contributed by atoms with Gasteiger partial charge in [-0.1, -0.05) is 24.3 Å². The largest absolute Gasteiger partial charge is 0.496 e. The van der Waals surface area contributed by atoms with Gasteiger partial charge >= 0.3 is 0 Å². The first kappa shape index (κ1) is 12.4. The summed E-state index contributed by atoms with van der Waals surface area (Å²) in [6, 6.07) is 12.1. The van der Waals surface area contributed by atoms with Crippen molar-refractivity contribution in [2.45, 2.75) is 13.8 Å². The Morgan fingerprint density at radius 2 is 1.78 bits per heavy atom. The highest BCUT2D eigenvalue weighted by Crippen LogP contribution is 2.30. The molecule has 2 rings (SSSR count). The van der Waals surface area contributed by atoms with Crippen molar-refractivity contribution < 1.29 is 9.53 Å². The predicted octanol–water partition coefficient (Wildman–Crippen LogP) is 3.79. The molecule has 0 radical (unpaired) electrons. The Bertz CT molecular complexity index is 586. The molecule has 0 bridgehead atoms. The van der Waals surface area contributed by atoms with Crippen molar-refractivity contribution in [3.8, 4) is 16.9 Å². The topological polar surface area (TPSA) is 26.3 Å². The zero-order valence-electron chi connectivity index (χ0n) is 10.9. The molecule has 2 nitrogen and oxygen atoms in total. The van der Waals surface area contributed by atoms with Crippen LogP contribution in [-0.2, 0) is 0 Å². The lowest BCUT2D eigenvalue weighted by atomic mass is 9.96. The maximum atomic E-state index is 11.1. The summed E-state index contributed by atoms with van der Waals surface area (Å²) in [5.41, 5.74) is 4.95. The number of rotatable bonds is 3. The van der Waals surface area contributed by atoms with Gasteiger partial charge in [-0.15, -0.1) is 0 Å². The van der Waals surface area contributed by atoms with Crippen molar-refractivity contribution in [2.75, 3.05) is 7.11 Å². The number of aldehydes is 1. The van der Waals surface area contributed by atoms with Crippen molar-refractivity contribution in [3.63, 3.8) is 0 Å². The maximum absolute atomic E-state index is 11.1. The van der Waals surface area contributed by atoms with Gasteiger partial charge in [0.15, 0.2) is 6.29 Å². The summed E-state index contributed by atoms with van der Waals surface area (Å²) in [6.07, 6.45) is 0.841. The summed E-state index contributed by atoms with van der Waals surface area (Å²) >= 11 is 0. The van der Waals surface area contributed by atoms with E-state index in [1.54, 1.807) is 7.11 Å². The third kappa shape index (κ3) is 2.14. The van der Waals surface area contributed by atoms with Gasteiger partial charge in [0, 0.05) is 0 Å². The molecule has 0 fully saturated rings. The molecule has 92 valence electrons. The molecule has 0 atom stereocenters. The Balaban J connectivity index is 2.64. The first-order chi connectivity index (χ1) is 8.67. The Hall–Kier alpha value is -2.09. The second kappa shape index (κ2) is 5.05.